The number of rotatable bonds is 5. The lowest BCUT2D eigenvalue weighted by atomic mass is 9.99. The summed E-state index contributed by atoms with van der Waals surface area (Å²) in [7, 11) is 0. The van der Waals surface area contributed by atoms with Crippen LogP contribution in [0.15, 0.2) is 67.0 Å². The highest BCUT2D eigenvalue weighted by atomic mass is 35.5. The number of para-hydroxylation sites is 1. The van der Waals surface area contributed by atoms with Gasteiger partial charge >= 0.3 is 0 Å². The van der Waals surface area contributed by atoms with Gasteiger partial charge in [0, 0.05) is 24.0 Å². The predicted molar refractivity (Wildman–Crippen MR) is 92.8 cm³/mol. The van der Waals surface area contributed by atoms with E-state index in [0.29, 0.717) is 17.7 Å². The van der Waals surface area contributed by atoms with E-state index in [2.05, 4.69) is 4.98 Å². The maximum absolute atomic E-state index is 14.9. The minimum absolute atomic E-state index is 0.00875. The topological polar surface area (TPSA) is 48.1 Å². The standard InChI is InChI=1S/C19H16ClFN2O/c20-16-7-6-15(17(22)12-13-8-10-23-11-9-13)18(21)19(16)24-14-4-2-1-3-5-14/h1-11,17H,12,22H2. The molecule has 0 saturated carbocycles. The largest absolute Gasteiger partial charge is 0.453 e. The van der Waals surface area contributed by atoms with E-state index < -0.39 is 11.9 Å². The highest BCUT2D eigenvalue weighted by Gasteiger charge is 2.19. The fourth-order valence-corrected chi connectivity index (χ4v) is 2.60. The van der Waals surface area contributed by atoms with Gasteiger partial charge in [-0.15, -0.1) is 0 Å². The molecule has 5 heteroatoms. The zero-order chi connectivity index (χ0) is 16.9. The van der Waals surface area contributed by atoms with Crippen LogP contribution in [-0.4, -0.2) is 4.98 Å². The Balaban J connectivity index is 1.88. The first kappa shape index (κ1) is 16.4. The maximum atomic E-state index is 14.9. The monoisotopic (exact) mass is 342 g/mol. The van der Waals surface area contributed by atoms with E-state index in [0.717, 1.165) is 5.56 Å². The average Bonchev–Trinajstić information content (AvgIpc) is 2.60. The summed E-state index contributed by atoms with van der Waals surface area (Å²) in [5, 5.41) is 0.205. The van der Waals surface area contributed by atoms with Crippen molar-refractivity contribution in [2.24, 2.45) is 5.73 Å². The van der Waals surface area contributed by atoms with Crippen LogP contribution in [0.25, 0.3) is 0 Å². The molecule has 1 unspecified atom stereocenters. The number of nitrogens with two attached hydrogens (primary N) is 1. The Labute approximate surface area is 144 Å². The van der Waals surface area contributed by atoms with Gasteiger partial charge < -0.3 is 10.5 Å². The Kier molecular flexibility index (Phi) is 5.08. The van der Waals surface area contributed by atoms with E-state index >= 15 is 0 Å². The quantitative estimate of drug-likeness (QED) is 0.716. The number of halogens is 2. The second-order valence-corrected chi connectivity index (χ2v) is 5.77. The molecule has 1 heterocycles. The normalized spacial score (nSPS) is 12.0. The molecule has 0 bridgehead atoms. The molecule has 0 fully saturated rings. The molecule has 3 nitrogen and oxygen atoms in total. The van der Waals surface area contributed by atoms with Crippen LogP contribution in [0.3, 0.4) is 0 Å². The van der Waals surface area contributed by atoms with Gasteiger partial charge in [0.25, 0.3) is 0 Å². The molecule has 3 rings (SSSR count). The second-order valence-electron chi connectivity index (χ2n) is 5.36. The van der Waals surface area contributed by atoms with E-state index in [1.165, 1.54) is 0 Å². The fraction of sp³-hybridized carbons (Fsp3) is 0.105. The molecule has 0 saturated heterocycles. The third-order valence-corrected chi connectivity index (χ3v) is 3.94. The lowest BCUT2D eigenvalue weighted by Crippen LogP contribution is -2.15. The lowest BCUT2D eigenvalue weighted by molar-refractivity contribution is 0.435. The van der Waals surface area contributed by atoms with E-state index in [1.54, 1.807) is 48.8 Å². The highest BCUT2D eigenvalue weighted by molar-refractivity contribution is 6.32. The molecule has 1 atom stereocenters. The van der Waals surface area contributed by atoms with E-state index in [9.17, 15) is 4.39 Å². The molecule has 1 aromatic heterocycles. The number of hydrogen-bond acceptors (Lipinski definition) is 3. The van der Waals surface area contributed by atoms with Crippen molar-refractivity contribution in [3.63, 3.8) is 0 Å². The van der Waals surface area contributed by atoms with Crippen LogP contribution in [0.4, 0.5) is 4.39 Å². The minimum atomic E-state index is -0.534. The first-order chi connectivity index (χ1) is 11.6. The molecule has 2 N–H and O–H groups in total. The van der Waals surface area contributed by atoms with Crippen molar-refractivity contribution in [2.75, 3.05) is 0 Å². The van der Waals surface area contributed by atoms with Gasteiger partial charge in [-0.3, -0.25) is 4.98 Å². The Morgan fingerprint density at radius 3 is 2.46 bits per heavy atom. The minimum Gasteiger partial charge on any atom is -0.453 e. The van der Waals surface area contributed by atoms with Gasteiger partial charge in [0.15, 0.2) is 11.6 Å². The first-order valence-corrected chi connectivity index (χ1v) is 7.88. The van der Waals surface area contributed by atoms with Gasteiger partial charge in [-0.1, -0.05) is 35.9 Å². The van der Waals surface area contributed by atoms with Crippen LogP contribution >= 0.6 is 11.6 Å². The van der Waals surface area contributed by atoms with Gasteiger partial charge in [-0.2, -0.15) is 0 Å². The maximum Gasteiger partial charge on any atom is 0.181 e. The Bertz CT molecular complexity index is 812. The summed E-state index contributed by atoms with van der Waals surface area (Å²) < 4.78 is 20.5. The molecule has 0 aliphatic rings. The zero-order valence-corrected chi connectivity index (χ0v) is 13.6. The number of ether oxygens (including phenoxy) is 1. The molecule has 2 aromatic carbocycles. The van der Waals surface area contributed by atoms with Crippen LogP contribution in [0.5, 0.6) is 11.5 Å². The lowest BCUT2D eigenvalue weighted by Gasteiger charge is -2.16. The third kappa shape index (κ3) is 3.72. The van der Waals surface area contributed by atoms with Gasteiger partial charge in [0.2, 0.25) is 0 Å². The Morgan fingerprint density at radius 2 is 1.75 bits per heavy atom. The summed E-state index contributed by atoms with van der Waals surface area (Å²) >= 11 is 6.10. The summed E-state index contributed by atoms with van der Waals surface area (Å²) in [4.78, 5) is 3.96. The molecule has 24 heavy (non-hydrogen) atoms. The summed E-state index contributed by atoms with van der Waals surface area (Å²) in [6, 6.07) is 15.3. The van der Waals surface area contributed by atoms with Crippen molar-refractivity contribution >= 4 is 11.6 Å². The zero-order valence-electron chi connectivity index (χ0n) is 12.8. The molecule has 122 valence electrons. The van der Waals surface area contributed by atoms with Crippen LogP contribution in [0.2, 0.25) is 5.02 Å². The average molecular weight is 343 g/mol. The molecule has 0 radical (unpaired) electrons. The van der Waals surface area contributed by atoms with Crippen LogP contribution in [0, 0.1) is 5.82 Å². The fourth-order valence-electron chi connectivity index (χ4n) is 2.42. The smallest absolute Gasteiger partial charge is 0.181 e. The number of hydrogen-bond donors (Lipinski definition) is 1. The Hall–Kier alpha value is -2.43. The molecule has 3 aromatic rings. The predicted octanol–water partition coefficient (Wildman–Crippen LogP) is 4.91. The summed E-state index contributed by atoms with van der Waals surface area (Å²) in [5.41, 5.74) is 7.53. The van der Waals surface area contributed by atoms with E-state index in [1.807, 2.05) is 18.2 Å². The number of nitrogens with zero attached hydrogens (tertiary/aromatic N) is 1. The van der Waals surface area contributed by atoms with Crippen molar-refractivity contribution in [1.29, 1.82) is 0 Å². The van der Waals surface area contributed by atoms with Crippen LogP contribution in [0.1, 0.15) is 17.2 Å². The van der Waals surface area contributed by atoms with Crippen molar-refractivity contribution in [3.05, 3.63) is 89.0 Å². The number of benzene rings is 2. The van der Waals surface area contributed by atoms with Gasteiger partial charge in [0.1, 0.15) is 5.75 Å². The van der Waals surface area contributed by atoms with E-state index in [4.69, 9.17) is 22.1 Å². The summed E-state index contributed by atoms with van der Waals surface area (Å²) in [6.45, 7) is 0. The summed E-state index contributed by atoms with van der Waals surface area (Å²) in [6.07, 6.45) is 3.86. The highest BCUT2D eigenvalue weighted by Crippen LogP contribution is 2.35. The number of pyridine rings is 1. The molecular formula is C19H16ClFN2O. The molecule has 0 aliphatic carbocycles. The van der Waals surface area contributed by atoms with Gasteiger partial charge in [-0.25, -0.2) is 4.39 Å². The SMILES string of the molecule is NC(Cc1ccncc1)c1ccc(Cl)c(Oc2ccccc2)c1F. The summed E-state index contributed by atoms with van der Waals surface area (Å²) in [5.74, 6) is -0.0309. The molecule has 0 amide bonds. The van der Waals surface area contributed by atoms with Crippen LogP contribution in [-0.2, 0) is 6.42 Å². The Morgan fingerprint density at radius 1 is 1.04 bits per heavy atom. The van der Waals surface area contributed by atoms with Crippen molar-refractivity contribution in [3.8, 4) is 11.5 Å². The third-order valence-electron chi connectivity index (χ3n) is 3.65. The van der Waals surface area contributed by atoms with E-state index in [-0.39, 0.29) is 10.8 Å². The molecule has 0 spiro atoms. The van der Waals surface area contributed by atoms with Crippen molar-refractivity contribution in [1.82, 2.24) is 4.98 Å². The van der Waals surface area contributed by atoms with Crippen molar-refractivity contribution in [2.45, 2.75) is 12.5 Å². The molecular weight excluding hydrogens is 327 g/mol. The first-order valence-electron chi connectivity index (χ1n) is 7.50. The second kappa shape index (κ2) is 7.43. The van der Waals surface area contributed by atoms with Gasteiger partial charge in [-0.05, 0) is 42.3 Å². The van der Waals surface area contributed by atoms with Crippen molar-refractivity contribution < 1.29 is 9.13 Å². The number of aromatic nitrogens is 1. The van der Waals surface area contributed by atoms with Crippen LogP contribution < -0.4 is 10.5 Å². The molecule has 0 aliphatic heterocycles. The van der Waals surface area contributed by atoms with Gasteiger partial charge in [0.05, 0.1) is 5.02 Å².